The molecule has 1 saturated carbocycles. The second-order valence-corrected chi connectivity index (χ2v) is 11.5. The van der Waals surface area contributed by atoms with Gasteiger partial charge in [-0.2, -0.15) is 34.8 Å². The van der Waals surface area contributed by atoms with Crippen LogP contribution in [0.1, 0.15) is 38.5 Å². The molecule has 5 rings (SSSR count). The number of anilines is 2. The Hall–Kier alpha value is -4.34. The highest BCUT2D eigenvalue weighted by molar-refractivity contribution is 7.93. The van der Waals surface area contributed by atoms with Crippen molar-refractivity contribution in [3.63, 3.8) is 0 Å². The number of sulfonamides is 1. The number of halogens is 6. The number of aromatic nitrogens is 2. The predicted molar refractivity (Wildman–Crippen MR) is 150 cm³/mol. The Morgan fingerprint density at radius 2 is 1.45 bits per heavy atom. The summed E-state index contributed by atoms with van der Waals surface area (Å²) in [7, 11) is -5.52. The number of hydrogen-bond acceptors (Lipinski definition) is 7. The van der Waals surface area contributed by atoms with Gasteiger partial charge in [0.05, 0.1) is 5.39 Å². The van der Waals surface area contributed by atoms with Gasteiger partial charge in [0.2, 0.25) is 5.71 Å². The van der Waals surface area contributed by atoms with Crippen molar-refractivity contribution in [2.45, 2.75) is 56.3 Å². The number of furan rings is 1. The van der Waals surface area contributed by atoms with Gasteiger partial charge in [-0.3, -0.25) is 4.72 Å². The highest BCUT2D eigenvalue weighted by Gasteiger charge is 2.46. The molecule has 44 heavy (non-hydrogen) atoms. The first-order valence-corrected chi connectivity index (χ1v) is 14.7. The zero-order valence-electron chi connectivity index (χ0n) is 22.7. The molecule has 0 amide bonds. The maximum atomic E-state index is 12.8. The number of alkyl halides is 6. The lowest BCUT2D eigenvalue weighted by atomic mass is 9.99. The summed E-state index contributed by atoms with van der Waals surface area (Å²) in [5.41, 5.74) is -3.10. The van der Waals surface area contributed by atoms with Gasteiger partial charge in [0.15, 0.2) is 0 Å². The Labute approximate surface area is 247 Å². The molecule has 2 heterocycles. The monoisotopic (exact) mass is 644 g/mol. The fourth-order valence-electron chi connectivity index (χ4n) is 4.65. The van der Waals surface area contributed by atoms with Crippen molar-refractivity contribution in [1.29, 1.82) is 0 Å². The van der Waals surface area contributed by atoms with Gasteiger partial charge < -0.3 is 14.8 Å². The summed E-state index contributed by atoms with van der Waals surface area (Å²) in [6.07, 6.45) is 3.20. The molecule has 3 N–H and O–H groups in total. The number of nitrogens with zero attached hydrogens (tertiary/aromatic N) is 2. The van der Waals surface area contributed by atoms with Crippen LogP contribution in [-0.2, 0) is 14.8 Å². The summed E-state index contributed by atoms with van der Waals surface area (Å²) in [5, 5.41) is 11.4. The molecule has 9 nitrogen and oxygen atoms in total. The smallest absolute Gasteiger partial charge is 0.475 e. The van der Waals surface area contributed by atoms with Gasteiger partial charge >= 0.3 is 27.7 Å². The van der Waals surface area contributed by atoms with E-state index in [2.05, 4.69) is 15.3 Å². The minimum absolute atomic E-state index is 0.214. The van der Waals surface area contributed by atoms with Gasteiger partial charge in [-0.25, -0.2) is 14.8 Å². The summed E-state index contributed by atoms with van der Waals surface area (Å²) in [4.78, 5) is 17.8. The molecule has 16 heteroatoms. The highest BCUT2D eigenvalue weighted by atomic mass is 32.2. The number of fused-ring (bicyclic) bond motifs is 1. The van der Waals surface area contributed by atoms with Crippen molar-refractivity contribution in [1.82, 2.24) is 9.97 Å². The normalized spacial score (nSPS) is 14.8. The molecule has 0 unspecified atom stereocenters. The average Bonchev–Trinajstić information content (AvgIpc) is 3.16. The minimum Gasteiger partial charge on any atom is -0.475 e. The van der Waals surface area contributed by atoms with E-state index in [1.54, 1.807) is 4.72 Å². The number of aliphatic carboxylic acids is 1. The van der Waals surface area contributed by atoms with Crippen LogP contribution < -0.4 is 10.0 Å². The molecule has 1 aliphatic rings. The van der Waals surface area contributed by atoms with E-state index in [9.17, 15) is 34.8 Å². The van der Waals surface area contributed by atoms with Gasteiger partial charge in [0, 0.05) is 22.9 Å². The molecular formula is C28H26F6N4O5S. The molecule has 1 fully saturated rings. The summed E-state index contributed by atoms with van der Waals surface area (Å²) in [6, 6.07) is 15.4. The van der Waals surface area contributed by atoms with Gasteiger partial charge in [-0.05, 0) is 42.7 Å². The third-order valence-electron chi connectivity index (χ3n) is 6.69. The third-order valence-corrected chi connectivity index (χ3v) is 7.81. The number of nitrogens with one attached hydrogen (secondary N) is 2. The Balaban J connectivity index is 0.000000566. The summed E-state index contributed by atoms with van der Waals surface area (Å²) >= 11 is 0. The van der Waals surface area contributed by atoms with Crippen LogP contribution in [0.5, 0.6) is 0 Å². The van der Waals surface area contributed by atoms with Gasteiger partial charge in [0.25, 0.3) is 0 Å². The van der Waals surface area contributed by atoms with Crippen molar-refractivity contribution < 1.29 is 49.1 Å². The highest BCUT2D eigenvalue weighted by Crippen LogP contribution is 2.43. The van der Waals surface area contributed by atoms with Crippen molar-refractivity contribution in [3.8, 4) is 22.5 Å². The SMILES string of the molecule is O=C(O)C(F)(F)F.O=S(=O)(Nc1ccc(-c2oc3ncnc(NC4CCCCCC4)c3c2-c2ccccc2)cc1)C(F)(F)F. The predicted octanol–water partition coefficient (Wildman–Crippen LogP) is 7.59. The van der Waals surface area contributed by atoms with E-state index in [1.165, 1.54) is 43.4 Å². The van der Waals surface area contributed by atoms with Crippen LogP contribution in [0.4, 0.5) is 37.8 Å². The van der Waals surface area contributed by atoms with Crippen molar-refractivity contribution in [2.24, 2.45) is 0 Å². The van der Waals surface area contributed by atoms with E-state index in [4.69, 9.17) is 14.3 Å². The van der Waals surface area contributed by atoms with E-state index in [1.807, 2.05) is 30.3 Å². The maximum absolute atomic E-state index is 12.8. The standard InChI is InChI=1S/C26H25F3N4O3S.C2HF3O2/c27-26(28,29)37(34,35)33-20-14-12-18(13-15-20)23-21(17-8-4-3-5-9-17)22-24(30-16-31-25(22)36-23)32-19-10-6-1-2-7-11-19;3-2(4,5)1(6)7/h3-5,8-9,12-16,19,33H,1-2,6-7,10-11H2,(H,30,31,32);(H,6,7). The average molecular weight is 645 g/mol. The lowest BCUT2D eigenvalue weighted by Gasteiger charge is -2.17. The Morgan fingerprint density at radius 3 is 2.00 bits per heavy atom. The van der Waals surface area contributed by atoms with Crippen LogP contribution in [0.2, 0.25) is 0 Å². The zero-order chi connectivity index (χ0) is 32.1. The van der Waals surface area contributed by atoms with E-state index >= 15 is 0 Å². The molecule has 4 aromatic rings. The third kappa shape index (κ3) is 7.78. The second-order valence-electron chi connectivity index (χ2n) is 9.84. The summed E-state index contributed by atoms with van der Waals surface area (Å²) in [5.74, 6) is -1.64. The quantitative estimate of drug-likeness (QED) is 0.144. The molecule has 0 bridgehead atoms. The molecule has 1 aliphatic carbocycles. The van der Waals surface area contributed by atoms with Crippen LogP contribution in [0.15, 0.2) is 65.3 Å². The van der Waals surface area contributed by atoms with Crippen LogP contribution in [0.25, 0.3) is 33.6 Å². The first-order valence-electron chi connectivity index (χ1n) is 13.3. The van der Waals surface area contributed by atoms with Crippen molar-refractivity contribution >= 4 is 38.6 Å². The first kappa shape index (κ1) is 32.6. The Bertz CT molecular complexity index is 1680. The Morgan fingerprint density at radius 1 is 0.864 bits per heavy atom. The van der Waals surface area contributed by atoms with E-state index in [-0.39, 0.29) is 11.7 Å². The van der Waals surface area contributed by atoms with Crippen molar-refractivity contribution in [3.05, 3.63) is 60.9 Å². The number of hydrogen-bond donors (Lipinski definition) is 3. The molecule has 0 aliphatic heterocycles. The number of carboxylic acid groups (broad SMARTS) is 1. The van der Waals surface area contributed by atoms with Gasteiger partial charge in [-0.15, -0.1) is 0 Å². The second kappa shape index (κ2) is 13.1. The molecule has 0 radical (unpaired) electrons. The lowest BCUT2D eigenvalue weighted by Crippen LogP contribution is -2.29. The number of carbonyl (C=O) groups is 1. The molecule has 2 aromatic carbocycles. The number of rotatable bonds is 6. The molecular weight excluding hydrogens is 618 g/mol. The van der Waals surface area contributed by atoms with E-state index in [0.29, 0.717) is 22.9 Å². The molecule has 0 spiro atoms. The number of benzene rings is 2. The van der Waals surface area contributed by atoms with Gasteiger partial charge in [0.1, 0.15) is 17.9 Å². The van der Waals surface area contributed by atoms with Crippen LogP contribution >= 0.6 is 0 Å². The van der Waals surface area contributed by atoms with Crippen LogP contribution in [0.3, 0.4) is 0 Å². The maximum Gasteiger partial charge on any atom is 0.516 e. The van der Waals surface area contributed by atoms with Crippen LogP contribution in [-0.4, -0.2) is 47.2 Å². The lowest BCUT2D eigenvalue weighted by molar-refractivity contribution is -0.192. The van der Waals surface area contributed by atoms with E-state index in [0.717, 1.165) is 42.2 Å². The van der Waals surface area contributed by atoms with Crippen LogP contribution in [0, 0.1) is 0 Å². The zero-order valence-corrected chi connectivity index (χ0v) is 23.6. The fraction of sp³-hybridized carbons (Fsp3) is 0.321. The largest absolute Gasteiger partial charge is 0.516 e. The summed E-state index contributed by atoms with van der Waals surface area (Å²) < 4.78 is 101. The topological polar surface area (TPSA) is 134 Å². The number of carboxylic acids is 1. The van der Waals surface area contributed by atoms with Gasteiger partial charge in [-0.1, -0.05) is 56.0 Å². The van der Waals surface area contributed by atoms with Crippen molar-refractivity contribution in [2.75, 3.05) is 10.0 Å². The summed E-state index contributed by atoms with van der Waals surface area (Å²) in [6.45, 7) is 0. The molecule has 0 atom stereocenters. The minimum atomic E-state index is -5.52. The molecule has 0 saturated heterocycles. The van der Waals surface area contributed by atoms with E-state index < -0.39 is 27.7 Å². The fourth-order valence-corrected chi connectivity index (χ4v) is 5.21. The molecule has 2 aromatic heterocycles. The Kier molecular flexibility index (Phi) is 9.71. The first-order chi connectivity index (χ1) is 20.7. The molecule has 236 valence electrons.